The topological polar surface area (TPSA) is 54.2 Å². The van der Waals surface area contributed by atoms with Gasteiger partial charge in [-0.3, -0.25) is 4.90 Å². The van der Waals surface area contributed by atoms with Crippen LogP contribution >= 0.6 is 12.2 Å². The van der Waals surface area contributed by atoms with E-state index in [0.717, 1.165) is 42.8 Å². The Kier molecular flexibility index (Phi) is 4.71. The molecule has 5 heteroatoms. The predicted octanol–water partition coefficient (Wildman–Crippen LogP) is 1.92. The highest BCUT2D eigenvalue weighted by atomic mass is 32.1. The number of hydrogen-bond acceptors (Lipinski definition) is 4. The van der Waals surface area contributed by atoms with Crippen molar-refractivity contribution in [3.63, 3.8) is 0 Å². The van der Waals surface area contributed by atoms with Crippen LogP contribution in [-0.4, -0.2) is 40.5 Å². The van der Waals surface area contributed by atoms with Crippen molar-refractivity contribution < 1.29 is 0 Å². The van der Waals surface area contributed by atoms with Gasteiger partial charge in [-0.05, 0) is 38.4 Å². The maximum atomic E-state index is 5.72. The molecule has 0 aromatic carbocycles. The molecule has 0 aliphatic heterocycles. The third-order valence-electron chi connectivity index (χ3n) is 3.46. The van der Waals surface area contributed by atoms with Gasteiger partial charge in [-0.2, -0.15) is 0 Å². The van der Waals surface area contributed by atoms with Crippen molar-refractivity contribution >= 4 is 23.0 Å². The Bertz CT molecular complexity index is 457. The van der Waals surface area contributed by atoms with Crippen molar-refractivity contribution in [3.05, 3.63) is 23.4 Å². The molecule has 0 spiro atoms. The molecule has 1 aliphatic rings. The number of aromatic nitrogens is 1. The number of thiocarbonyl (C=S) groups is 1. The first-order chi connectivity index (χ1) is 9.11. The highest BCUT2D eigenvalue weighted by Gasteiger charge is 2.27. The van der Waals surface area contributed by atoms with Gasteiger partial charge >= 0.3 is 0 Å². The summed E-state index contributed by atoms with van der Waals surface area (Å²) in [6, 6.07) is 4.67. The number of nitrogens with zero attached hydrogens (tertiary/aromatic N) is 2. The summed E-state index contributed by atoms with van der Waals surface area (Å²) in [4.78, 5) is 7.38. The van der Waals surface area contributed by atoms with E-state index in [9.17, 15) is 0 Å². The van der Waals surface area contributed by atoms with Crippen molar-refractivity contribution in [1.29, 1.82) is 0 Å². The monoisotopic (exact) mass is 278 g/mol. The van der Waals surface area contributed by atoms with E-state index >= 15 is 0 Å². The average molecular weight is 278 g/mol. The van der Waals surface area contributed by atoms with E-state index in [0.29, 0.717) is 4.99 Å². The van der Waals surface area contributed by atoms with Gasteiger partial charge in [0.25, 0.3) is 0 Å². The summed E-state index contributed by atoms with van der Waals surface area (Å²) < 4.78 is 0. The number of nitrogens with two attached hydrogens (primary N) is 1. The molecule has 0 unspecified atom stereocenters. The second-order valence-electron chi connectivity index (χ2n) is 5.00. The quantitative estimate of drug-likeness (QED) is 0.746. The smallest absolute Gasteiger partial charge is 0.136 e. The summed E-state index contributed by atoms with van der Waals surface area (Å²) in [5, 5.41) is 3.36. The lowest BCUT2D eigenvalue weighted by Gasteiger charge is -2.20. The molecule has 1 saturated carbocycles. The summed E-state index contributed by atoms with van der Waals surface area (Å²) in [6.45, 7) is 7.19. The molecule has 0 amide bonds. The number of aryl methyl sites for hydroxylation is 1. The van der Waals surface area contributed by atoms with E-state index in [1.165, 1.54) is 12.8 Å². The molecule has 0 saturated heterocycles. The zero-order valence-corrected chi connectivity index (χ0v) is 12.5. The lowest BCUT2D eigenvalue weighted by Crippen LogP contribution is -2.31. The van der Waals surface area contributed by atoms with Crippen molar-refractivity contribution in [2.45, 2.75) is 32.7 Å². The number of anilines is 1. The van der Waals surface area contributed by atoms with Crippen LogP contribution in [0.3, 0.4) is 0 Å². The van der Waals surface area contributed by atoms with Gasteiger partial charge in [0.1, 0.15) is 10.8 Å². The molecule has 19 heavy (non-hydrogen) atoms. The molecule has 1 heterocycles. The number of likely N-dealkylation sites (N-methyl/N-ethyl adjacent to an activating group) is 1. The second-order valence-corrected chi connectivity index (χ2v) is 5.44. The largest absolute Gasteiger partial charge is 0.389 e. The third kappa shape index (κ3) is 3.88. The van der Waals surface area contributed by atoms with Gasteiger partial charge in [-0.15, -0.1) is 0 Å². The number of hydrogen-bond donors (Lipinski definition) is 2. The van der Waals surface area contributed by atoms with Crippen LogP contribution in [-0.2, 0) is 0 Å². The summed E-state index contributed by atoms with van der Waals surface area (Å²) in [5.74, 6) is 0.805. The van der Waals surface area contributed by atoms with Crippen LogP contribution in [0.25, 0.3) is 0 Å². The number of pyridine rings is 1. The fraction of sp³-hybridized carbons (Fsp3) is 0.571. The van der Waals surface area contributed by atoms with Crippen LogP contribution in [0.4, 0.5) is 5.82 Å². The zero-order valence-electron chi connectivity index (χ0n) is 11.6. The minimum atomic E-state index is 0.393. The summed E-state index contributed by atoms with van der Waals surface area (Å²) in [6.07, 6.45) is 2.68. The summed E-state index contributed by atoms with van der Waals surface area (Å²) >= 11 is 5.06. The molecule has 2 rings (SSSR count). The summed E-state index contributed by atoms with van der Waals surface area (Å²) in [5.41, 5.74) is 7.52. The first kappa shape index (κ1) is 14.2. The Morgan fingerprint density at radius 2 is 2.26 bits per heavy atom. The fourth-order valence-electron chi connectivity index (χ4n) is 2.25. The molecule has 4 nitrogen and oxygen atoms in total. The molecule has 0 bridgehead atoms. The Labute approximate surface area is 120 Å². The van der Waals surface area contributed by atoms with Gasteiger partial charge in [-0.25, -0.2) is 4.98 Å². The van der Waals surface area contributed by atoms with Crippen LogP contribution in [0.5, 0.6) is 0 Å². The normalized spacial score (nSPS) is 14.7. The highest BCUT2D eigenvalue weighted by molar-refractivity contribution is 7.80. The SMILES string of the molecule is CCN(CCNc1nc(C)ccc1C(N)=S)C1CC1. The van der Waals surface area contributed by atoms with Crippen LogP contribution in [0.1, 0.15) is 31.0 Å². The average Bonchev–Trinajstić information content (AvgIpc) is 3.18. The van der Waals surface area contributed by atoms with Crippen LogP contribution < -0.4 is 11.1 Å². The van der Waals surface area contributed by atoms with Gasteiger partial charge in [-0.1, -0.05) is 19.1 Å². The van der Waals surface area contributed by atoms with E-state index in [4.69, 9.17) is 18.0 Å². The van der Waals surface area contributed by atoms with E-state index in [-0.39, 0.29) is 0 Å². The van der Waals surface area contributed by atoms with Crippen molar-refractivity contribution in [1.82, 2.24) is 9.88 Å². The molecule has 1 aromatic heterocycles. The Morgan fingerprint density at radius 1 is 1.53 bits per heavy atom. The molecule has 3 N–H and O–H groups in total. The zero-order chi connectivity index (χ0) is 13.8. The molecule has 104 valence electrons. The fourth-order valence-corrected chi connectivity index (χ4v) is 2.41. The van der Waals surface area contributed by atoms with Crippen molar-refractivity contribution in [2.75, 3.05) is 25.0 Å². The minimum absolute atomic E-state index is 0.393. The van der Waals surface area contributed by atoms with Gasteiger partial charge in [0.15, 0.2) is 0 Å². The standard InChI is InChI=1S/C14H22N4S/c1-3-18(11-5-6-11)9-8-16-14-12(13(15)19)7-4-10(2)17-14/h4,7,11H,3,5-6,8-9H2,1-2H3,(H2,15,19)(H,16,17). The predicted molar refractivity (Wildman–Crippen MR) is 83.6 cm³/mol. The van der Waals surface area contributed by atoms with E-state index < -0.39 is 0 Å². The van der Waals surface area contributed by atoms with Gasteiger partial charge in [0, 0.05) is 24.8 Å². The van der Waals surface area contributed by atoms with Gasteiger partial charge in [0.05, 0.1) is 5.56 Å². The lowest BCUT2D eigenvalue weighted by molar-refractivity contribution is 0.289. The maximum absolute atomic E-state index is 5.72. The first-order valence-electron chi connectivity index (χ1n) is 6.87. The van der Waals surface area contributed by atoms with Crippen LogP contribution in [0.15, 0.2) is 12.1 Å². The van der Waals surface area contributed by atoms with E-state index in [1.807, 2.05) is 19.1 Å². The summed E-state index contributed by atoms with van der Waals surface area (Å²) in [7, 11) is 0. The third-order valence-corrected chi connectivity index (χ3v) is 3.68. The maximum Gasteiger partial charge on any atom is 0.136 e. The minimum Gasteiger partial charge on any atom is -0.389 e. The van der Waals surface area contributed by atoms with Gasteiger partial charge in [0.2, 0.25) is 0 Å². The number of rotatable bonds is 7. The Hall–Kier alpha value is -1.20. The molecular weight excluding hydrogens is 256 g/mol. The van der Waals surface area contributed by atoms with Gasteiger partial charge < -0.3 is 11.1 Å². The van der Waals surface area contributed by atoms with E-state index in [1.54, 1.807) is 0 Å². The Morgan fingerprint density at radius 3 is 2.84 bits per heavy atom. The molecular formula is C14H22N4S. The molecule has 1 aromatic rings. The molecule has 1 aliphatic carbocycles. The van der Waals surface area contributed by atoms with Crippen LogP contribution in [0, 0.1) is 6.92 Å². The molecule has 0 radical (unpaired) electrons. The first-order valence-corrected chi connectivity index (χ1v) is 7.28. The van der Waals surface area contributed by atoms with Crippen LogP contribution in [0.2, 0.25) is 0 Å². The second kappa shape index (κ2) is 6.30. The van der Waals surface area contributed by atoms with E-state index in [2.05, 4.69) is 22.1 Å². The lowest BCUT2D eigenvalue weighted by atomic mass is 10.2. The molecule has 0 atom stereocenters. The Balaban J connectivity index is 1.94. The highest BCUT2D eigenvalue weighted by Crippen LogP contribution is 2.26. The van der Waals surface area contributed by atoms with Crippen molar-refractivity contribution in [2.24, 2.45) is 5.73 Å². The molecule has 1 fully saturated rings. The van der Waals surface area contributed by atoms with Crippen molar-refractivity contribution in [3.8, 4) is 0 Å². The number of nitrogens with one attached hydrogen (secondary N) is 1.